The Morgan fingerprint density at radius 2 is 2.40 bits per heavy atom. The fraction of sp³-hybridized carbons (Fsp3) is 0.909. The van der Waals surface area contributed by atoms with E-state index in [1.165, 1.54) is 0 Å². The van der Waals surface area contributed by atoms with E-state index in [2.05, 4.69) is 6.92 Å². The van der Waals surface area contributed by atoms with Crippen molar-refractivity contribution < 1.29 is 9.90 Å². The third-order valence-corrected chi connectivity index (χ3v) is 3.06. The zero-order valence-corrected chi connectivity index (χ0v) is 9.48. The summed E-state index contributed by atoms with van der Waals surface area (Å²) in [4.78, 5) is 13.7. The number of carbonyl (C=O) groups excluding carboxylic acids is 1. The molecule has 0 aromatic heterocycles. The molecule has 1 aliphatic heterocycles. The summed E-state index contributed by atoms with van der Waals surface area (Å²) in [7, 11) is 0. The molecule has 3 N–H and O–H groups in total. The smallest absolute Gasteiger partial charge is 0.239 e. The van der Waals surface area contributed by atoms with E-state index in [-0.39, 0.29) is 24.6 Å². The molecule has 0 radical (unpaired) electrons. The van der Waals surface area contributed by atoms with Crippen molar-refractivity contribution in [3.63, 3.8) is 0 Å². The molecule has 0 saturated carbocycles. The maximum atomic E-state index is 11.9. The topological polar surface area (TPSA) is 66.6 Å². The van der Waals surface area contributed by atoms with Gasteiger partial charge in [-0.1, -0.05) is 19.8 Å². The van der Waals surface area contributed by atoms with Gasteiger partial charge in [0.1, 0.15) is 0 Å². The fourth-order valence-electron chi connectivity index (χ4n) is 2.08. The average molecular weight is 214 g/mol. The number of unbranched alkanes of at least 4 members (excludes halogenated alkanes) is 1. The molecule has 88 valence electrons. The molecule has 1 heterocycles. The van der Waals surface area contributed by atoms with Gasteiger partial charge in [0.15, 0.2) is 0 Å². The van der Waals surface area contributed by atoms with Gasteiger partial charge in [-0.25, -0.2) is 0 Å². The van der Waals surface area contributed by atoms with Crippen LogP contribution in [0.4, 0.5) is 0 Å². The van der Waals surface area contributed by atoms with E-state index in [4.69, 9.17) is 10.8 Å². The number of aliphatic hydroxyl groups excluding tert-OH is 1. The molecule has 1 rings (SSSR count). The minimum Gasteiger partial charge on any atom is -0.394 e. The predicted molar refractivity (Wildman–Crippen MR) is 59.3 cm³/mol. The van der Waals surface area contributed by atoms with Gasteiger partial charge in [-0.15, -0.1) is 0 Å². The van der Waals surface area contributed by atoms with Crippen molar-refractivity contribution >= 4 is 5.91 Å². The Hall–Kier alpha value is -0.610. The molecule has 4 heteroatoms. The number of aliphatic hydroxyl groups is 1. The molecular formula is C11H22N2O2. The summed E-state index contributed by atoms with van der Waals surface area (Å²) in [5.41, 5.74) is 5.83. The van der Waals surface area contributed by atoms with E-state index >= 15 is 0 Å². The Labute approximate surface area is 91.4 Å². The van der Waals surface area contributed by atoms with Crippen molar-refractivity contribution in [3.8, 4) is 0 Å². The van der Waals surface area contributed by atoms with Crippen molar-refractivity contribution in [1.82, 2.24) is 4.90 Å². The summed E-state index contributed by atoms with van der Waals surface area (Å²) in [5, 5.41) is 9.11. The lowest BCUT2D eigenvalue weighted by Crippen LogP contribution is -2.47. The van der Waals surface area contributed by atoms with Gasteiger partial charge in [-0.05, 0) is 19.3 Å². The molecule has 4 nitrogen and oxygen atoms in total. The summed E-state index contributed by atoms with van der Waals surface area (Å²) in [6.45, 7) is 2.90. The molecule has 0 aromatic carbocycles. The second kappa shape index (κ2) is 6.08. The van der Waals surface area contributed by atoms with Gasteiger partial charge in [-0.2, -0.15) is 0 Å². The van der Waals surface area contributed by atoms with Crippen LogP contribution in [0, 0.1) is 0 Å². The SMILES string of the molecule is CCCCC(N)C(=O)N1CCC[C@H]1CO. The first-order valence-electron chi connectivity index (χ1n) is 5.87. The first-order chi connectivity index (χ1) is 7.20. The molecule has 0 aliphatic carbocycles. The van der Waals surface area contributed by atoms with Crippen molar-refractivity contribution in [3.05, 3.63) is 0 Å². The summed E-state index contributed by atoms with van der Waals surface area (Å²) in [6, 6.07) is -0.373. The Morgan fingerprint density at radius 1 is 1.67 bits per heavy atom. The number of carbonyl (C=O) groups is 1. The molecule has 2 atom stereocenters. The molecule has 1 unspecified atom stereocenters. The highest BCUT2D eigenvalue weighted by atomic mass is 16.3. The monoisotopic (exact) mass is 214 g/mol. The van der Waals surface area contributed by atoms with Gasteiger partial charge >= 0.3 is 0 Å². The molecule has 0 aromatic rings. The van der Waals surface area contributed by atoms with Crippen LogP contribution in [0.5, 0.6) is 0 Å². The number of likely N-dealkylation sites (tertiary alicyclic amines) is 1. The van der Waals surface area contributed by atoms with E-state index in [1.807, 2.05) is 0 Å². The normalized spacial score (nSPS) is 23.1. The van der Waals surface area contributed by atoms with Crippen molar-refractivity contribution in [1.29, 1.82) is 0 Å². The molecule has 1 fully saturated rings. The Morgan fingerprint density at radius 3 is 3.00 bits per heavy atom. The van der Waals surface area contributed by atoms with E-state index in [1.54, 1.807) is 4.90 Å². The predicted octanol–water partition coefficient (Wildman–Crippen LogP) is 0.487. The second-order valence-electron chi connectivity index (χ2n) is 4.26. The number of hydrogen-bond acceptors (Lipinski definition) is 3. The molecular weight excluding hydrogens is 192 g/mol. The summed E-state index contributed by atoms with van der Waals surface area (Å²) in [6.07, 6.45) is 4.69. The average Bonchev–Trinajstić information content (AvgIpc) is 2.72. The van der Waals surface area contributed by atoms with Gasteiger partial charge in [0, 0.05) is 6.54 Å². The van der Waals surface area contributed by atoms with Crippen LogP contribution in [0.15, 0.2) is 0 Å². The molecule has 1 aliphatic rings. The maximum Gasteiger partial charge on any atom is 0.239 e. The highest BCUT2D eigenvalue weighted by molar-refractivity contribution is 5.82. The molecule has 1 amide bonds. The number of amides is 1. The fourth-order valence-corrected chi connectivity index (χ4v) is 2.08. The third-order valence-electron chi connectivity index (χ3n) is 3.06. The lowest BCUT2D eigenvalue weighted by Gasteiger charge is -2.26. The molecule has 0 bridgehead atoms. The van der Waals surface area contributed by atoms with Crippen LogP contribution in [0.2, 0.25) is 0 Å². The van der Waals surface area contributed by atoms with Crippen LogP contribution >= 0.6 is 0 Å². The first-order valence-corrected chi connectivity index (χ1v) is 5.87. The Kier molecular flexibility index (Phi) is 5.05. The molecule has 0 spiro atoms. The summed E-state index contributed by atoms with van der Waals surface area (Å²) >= 11 is 0. The van der Waals surface area contributed by atoms with Crippen LogP contribution in [-0.2, 0) is 4.79 Å². The number of nitrogens with zero attached hydrogens (tertiary/aromatic N) is 1. The van der Waals surface area contributed by atoms with Crippen LogP contribution in [-0.4, -0.2) is 41.1 Å². The van der Waals surface area contributed by atoms with Gasteiger partial charge in [-0.3, -0.25) is 4.79 Å². The summed E-state index contributed by atoms with van der Waals surface area (Å²) in [5.74, 6) is 0.0139. The van der Waals surface area contributed by atoms with Gasteiger partial charge in [0.05, 0.1) is 18.7 Å². The lowest BCUT2D eigenvalue weighted by molar-refractivity contribution is -0.134. The third kappa shape index (κ3) is 3.18. The molecule has 15 heavy (non-hydrogen) atoms. The van der Waals surface area contributed by atoms with Crippen molar-refractivity contribution in [2.24, 2.45) is 5.73 Å². The largest absolute Gasteiger partial charge is 0.394 e. The van der Waals surface area contributed by atoms with E-state index in [0.29, 0.717) is 0 Å². The van der Waals surface area contributed by atoms with E-state index < -0.39 is 0 Å². The highest BCUT2D eigenvalue weighted by Crippen LogP contribution is 2.18. The van der Waals surface area contributed by atoms with Crippen LogP contribution in [0.25, 0.3) is 0 Å². The zero-order valence-electron chi connectivity index (χ0n) is 9.48. The zero-order chi connectivity index (χ0) is 11.3. The van der Waals surface area contributed by atoms with Gasteiger partial charge < -0.3 is 15.7 Å². The van der Waals surface area contributed by atoms with E-state index in [0.717, 1.165) is 38.6 Å². The number of rotatable bonds is 5. The minimum absolute atomic E-state index is 0.00479. The lowest BCUT2D eigenvalue weighted by atomic mass is 10.1. The van der Waals surface area contributed by atoms with Gasteiger partial charge in [0.2, 0.25) is 5.91 Å². The summed E-state index contributed by atoms with van der Waals surface area (Å²) < 4.78 is 0. The van der Waals surface area contributed by atoms with Crippen LogP contribution in [0.1, 0.15) is 39.0 Å². The van der Waals surface area contributed by atoms with Gasteiger partial charge in [0.25, 0.3) is 0 Å². The van der Waals surface area contributed by atoms with E-state index in [9.17, 15) is 4.79 Å². The standard InChI is InChI=1S/C11H22N2O2/c1-2-3-6-10(12)11(15)13-7-4-5-9(13)8-14/h9-10,14H,2-8,12H2,1H3/t9-,10?/m0/s1. The Balaban J connectivity index is 2.44. The maximum absolute atomic E-state index is 11.9. The minimum atomic E-state index is -0.378. The van der Waals surface area contributed by atoms with Crippen molar-refractivity contribution in [2.75, 3.05) is 13.2 Å². The van der Waals surface area contributed by atoms with Crippen LogP contribution in [0.3, 0.4) is 0 Å². The number of nitrogens with two attached hydrogens (primary N) is 1. The highest BCUT2D eigenvalue weighted by Gasteiger charge is 2.30. The van der Waals surface area contributed by atoms with Crippen LogP contribution < -0.4 is 5.73 Å². The Bertz CT molecular complexity index is 209. The second-order valence-corrected chi connectivity index (χ2v) is 4.26. The molecule has 1 saturated heterocycles. The quantitative estimate of drug-likeness (QED) is 0.700. The first kappa shape index (κ1) is 12.5. The van der Waals surface area contributed by atoms with Crippen molar-refractivity contribution in [2.45, 2.75) is 51.1 Å². The number of hydrogen-bond donors (Lipinski definition) is 2.